The fourth-order valence-corrected chi connectivity index (χ4v) is 2.62. The molecule has 0 saturated carbocycles. The zero-order valence-corrected chi connectivity index (χ0v) is 14.2. The Morgan fingerprint density at radius 2 is 2.09 bits per heavy atom. The van der Waals surface area contributed by atoms with Gasteiger partial charge in [0.2, 0.25) is 5.91 Å². The van der Waals surface area contributed by atoms with Crippen LogP contribution in [0.5, 0.6) is 0 Å². The molecule has 1 aliphatic heterocycles. The number of halogens is 1. The lowest BCUT2D eigenvalue weighted by Gasteiger charge is -2.32. The summed E-state index contributed by atoms with van der Waals surface area (Å²) in [6, 6.07) is 5.18. The smallest absolute Gasteiger partial charge is 0.269 e. The van der Waals surface area contributed by atoms with Crippen molar-refractivity contribution >= 4 is 24.2 Å². The normalized spacial score (nSPS) is 16.3. The molecular formula is C16H25ClN4O2. The second-order valence-electron chi connectivity index (χ2n) is 5.93. The summed E-state index contributed by atoms with van der Waals surface area (Å²) in [4.78, 5) is 29.8. The van der Waals surface area contributed by atoms with E-state index in [0.29, 0.717) is 24.6 Å². The summed E-state index contributed by atoms with van der Waals surface area (Å²) in [6.07, 6.45) is 3.83. The molecule has 1 fully saturated rings. The maximum atomic E-state index is 11.9. The molecule has 1 atom stereocenters. The molecule has 23 heavy (non-hydrogen) atoms. The van der Waals surface area contributed by atoms with Crippen LogP contribution in [0.2, 0.25) is 0 Å². The van der Waals surface area contributed by atoms with Gasteiger partial charge in [-0.05, 0) is 37.8 Å². The highest BCUT2D eigenvalue weighted by Crippen LogP contribution is 2.17. The average molecular weight is 341 g/mol. The van der Waals surface area contributed by atoms with Gasteiger partial charge in [0.25, 0.3) is 5.91 Å². The van der Waals surface area contributed by atoms with Crippen LogP contribution in [0.15, 0.2) is 24.4 Å². The number of hydrogen-bond donors (Lipinski definition) is 2. The molecule has 2 amide bonds. The molecule has 1 aliphatic rings. The zero-order chi connectivity index (χ0) is 15.9. The van der Waals surface area contributed by atoms with Gasteiger partial charge in [-0.1, -0.05) is 6.07 Å². The monoisotopic (exact) mass is 340 g/mol. The van der Waals surface area contributed by atoms with E-state index in [1.54, 1.807) is 24.4 Å². The third-order valence-electron chi connectivity index (χ3n) is 3.91. The summed E-state index contributed by atoms with van der Waals surface area (Å²) < 4.78 is 0. The molecule has 3 N–H and O–H groups in total. The van der Waals surface area contributed by atoms with E-state index in [1.165, 1.54) is 0 Å². The molecule has 1 aromatic rings. The summed E-state index contributed by atoms with van der Waals surface area (Å²) in [5.74, 6) is 0.397. The Morgan fingerprint density at radius 1 is 1.39 bits per heavy atom. The van der Waals surface area contributed by atoms with Gasteiger partial charge in [0.15, 0.2) is 0 Å². The second-order valence-corrected chi connectivity index (χ2v) is 5.93. The van der Waals surface area contributed by atoms with Crippen LogP contribution in [-0.4, -0.2) is 47.4 Å². The lowest BCUT2D eigenvalue weighted by molar-refractivity contribution is -0.132. The molecule has 0 bridgehead atoms. The van der Waals surface area contributed by atoms with Crippen molar-refractivity contribution in [2.24, 2.45) is 11.7 Å². The minimum absolute atomic E-state index is 0. The molecule has 1 unspecified atom stereocenters. The SMILES string of the molecule is CC(N)CC(=O)N1CCC(CNC(=O)c2ccccn2)CC1.Cl. The van der Waals surface area contributed by atoms with E-state index in [2.05, 4.69) is 10.3 Å². The molecule has 0 aliphatic carbocycles. The molecule has 7 heteroatoms. The number of aromatic nitrogens is 1. The van der Waals surface area contributed by atoms with Gasteiger partial charge in [0.1, 0.15) is 5.69 Å². The van der Waals surface area contributed by atoms with E-state index < -0.39 is 0 Å². The van der Waals surface area contributed by atoms with E-state index >= 15 is 0 Å². The highest BCUT2D eigenvalue weighted by atomic mass is 35.5. The fraction of sp³-hybridized carbons (Fsp3) is 0.562. The van der Waals surface area contributed by atoms with Crippen molar-refractivity contribution in [3.8, 4) is 0 Å². The maximum Gasteiger partial charge on any atom is 0.269 e. The number of carbonyl (C=O) groups excluding carboxylic acids is 2. The van der Waals surface area contributed by atoms with Crippen LogP contribution in [0, 0.1) is 5.92 Å². The summed E-state index contributed by atoms with van der Waals surface area (Å²) in [6.45, 7) is 3.97. The van der Waals surface area contributed by atoms with Crippen molar-refractivity contribution in [2.45, 2.75) is 32.2 Å². The zero-order valence-electron chi connectivity index (χ0n) is 13.4. The average Bonchev–Trinajstić information content (AvgIpc) is 2.53. The number of nitrogens with two attached hydrogens (primary N) is 1. The van der Waals surface area contributed by atoms with Crippen molar-refractivity contribution in [3.05, 3.63) is 30.1 Å². The molecule has 0 aromatic carbocycles. The van der Waals surface area contributed by atoms with E-state index in [-0.39, 0.29) is 30.3 Å². The van der Waals surface area contributed by atoms with Crippen LogP contribution >= 0.6 is 12.4 Å². The molecule has 1 saturated heterocycles. The van der Waals surface area contributed by atoms with E-state index in [4.69, 9.17) is 5.73 Å². The predicted molar refractivity (Wildman–Crippen MR) is 91.4 cm³/mol. The minimum Gasteiger partial charge on any atom is -0.350 e. The van der Waals surface area contributed by atoms with Crippen LogP contribution in [-0.2, 0) is 4.79 Å². The van der Waals surface area contributed by atoms with Gasteiger partial charge in [-0.2, -0.15) is 0 Å². The van der Waals surface area contributed by atoms with Gasteiger partial charge < -0.3 is 16.0 Å². The molecule has 128 valence electrons. The third kappa shape index (κ3) is 6.15. The van der Waals surface area contributed by atoms with Gasteiger partial charge in [-0.25, -0.2) is 0 Å². The molecule has 6 nitrogen and oxygen atoms in total. The molecule has 0 spiro atoms. The number of nitrogens with one attached hydrogen (secondary N) is 1. The van der Waals surface area contributed by atoms with Crippen LogP contribution in [0.1, 0.15) is 36.7 Å². The number of pyridine rings is 1. The van der Waals surface area contributed by atoms with Gasteiger partial charge in [0, 0.05) is 38.3 Å². The Hall–Kier alpha value is -1.66. The molecule has 2 heterocycles. The van der Waals surface area contributed by atoms with E-state index in [9.17, 15) is 9.59 Å². The summed E-state index contributed by atoms with van der Waals surface area (Å²) in [7, 11) is 0. The minimum atomic E-state index is -0.143. The third-order valence-corrected chi connectivity index (χ3v) is 3.91. The van der Waals surface area contributed by atoms with E-state index in [1.807, 2.05) is 11.8 Å². The predicted octanol–water partition coefficient (Wildman–Crippen LogP) is 1.21. The fourth-order valence-electron chi connectivity index (χ4n) is 2.62. The summed E-state index contributed by atoms with van der Waals surface area (Å²) in [5, 5.41) is 2.92. The first kappa shape index (κ1) is 19.4. The van der Waals surface area contributed by atoms with Crippen LogP contribution in [0.4, 0.5) is 0 Å². The van der Waals surface area contributed by atoms with Crippen LogP contribution in [0.3, 0.4) is 0 Å². The Balaban J connectivity index is 0.00000264. The first-order valence-corrected chi connectivity index (χ1v) is 7.79. The van der Waals surface area contributed by atoms with Crippen molar-refractivity contribution in [3.63, 3.8) is 0 Å². The number of amides is 2. The number of hydrogen-bond acceptors (Lipinski definition) is 4. The Labute approximate surface area is 143 Å². The summed E-state index contributed by atoms with van der Waals surface area (Å²) >= 11 is 0. The van der Waals surface area contributed by atoms with Crippen molar-refractivity contribution < 1.29 is 9.59 Å². The largest absolute Gasteiger partial charge is 0.350 e. The number of piperidine rings is 1. The highest BCUT2D eigenvalue weighted by Gasteiger charge is 2.23. The molecule has 2 rings (SSSR count). The maximum absolute atomic E-state index is 11.9. The quantitative estimate of drug-likeness (QED) is 0.843. The molecule has 1 aromatic heterocycles. The molecular weight excluding hydrogens is 316 g/mol. The second kappa shape index (κ2) is 9.47. The van der Waals surface area contributed by atoms with Crippen molar-refractivity contribution in [2.75, 3.05) is 19.6 Å². The lowest BCUT2D eigenvalue weighted by Crippen LogP contribution is -2.43. The van der Waals surface area contributed by atoms with Crippen molar-refractivity contribution in [1.82, 2.24) is 15.2 Å². The van der Waals surface area contributed by atoms with Gasteiger partial charge >= 0.3 is 0 Å². The Morgan fingerprint density at radius 3 is 2.65 bits per heavy atom. The topological polar surface area (TPSA) is 88.3 Å². The molecule has 0 radical (unpaired) electrons. The summed E-state index contributed by atoms with van der Waals surface area (Å²) in [5.41, 5.74) is 6.10. The standard InChI is InChI=1S/C16H24N4O2.ClH/c1-12(17)10-15(21)20-8-5-13(6-9-20)11-19-16(22)14-4-2-3-7-18-14;/h2-4,7,12-13H,5-6,8-11,17H2,1H3,(H,19,22);1H. The van der Waals surface area contributed by atoms with Crippen LogP contribution in [0.25, 0.3) is 0 Å². The number of nitrogens with zero attached hydrogens (tertiary/aromatic N) is 2. The van der Waals surface area contributed by atoms with Crippen LogP contribution < -0.4 is 11.1 Å². The van der Waals surface area contributed by atoms with Gasteiger partial charge in [0.05, 0.1) is 0 Å². The lowest BCUT2D eigenvalue weighted by atomic mass is 9.96. The highest BCUT2D eigenvalue weighted by molar-refractivity contribution is 5.92. The number of rotatable bonds is 5. The first-order valence-electron chi connectivity index (χ1n) is 7.79. The van der Waals surface area contributed by atoms with Gasteiger partial charge in [-0.15, -0.1) is 12.4 Å². The van der Waals surface area contributed by atoms with Gasteiger partial charge in [-0.3, -0.25) is 14.6 Å². The Bertz CT molecular complexity index is 502. The Kier molecular flexibility index (Phi) is 7.98. The number of likely N-dealkylation sites (tertiary alicyclic amines) is 1. The first-order chi connectivity index (χ1) is 10.6. The number of carbonyl (C=O) groups is 2. The van der Waals surface area contributed by atoms with E-state index in [0.717, 1.165) is 25.9 Å². The van der Waals surface area contributed by atoms with Crippen molar-refractivity contribution in [1.29, 1.82) is 0 Å².